The number of esters is 4. The maximum Gasteiger partial charge on any atom is 0.472 e. The Kier molecular flexibility index (Phi) is 76.9. The second kappa shape index (κ2) is 78.3. The third kappa shape index (κ3) is 80.1. The molecule has 0 saturated heterocycles. The summed E-state index contributed by atoms with van der Waals surface area (Å²) in [6, 6.07) is 0. The molecular formula is C87H170O17P2. The number of hydrogen-bond acceptors (Lipinski definition) is 15. The van der Waals surface area contributed by atoms with Crippen LogP contribution in [-0.2, 0) is 65.4 Å². The minimum atomic E-state index is -4.97. The minimum Gasteiger partial charge on any atom is -0.462 e. The normalized spacial score (nSPS) is 13.8. The molecule has 0 amide bonds. The smallest absolute Gasteiger partial charge is 0.462 e. The molecule has 2 unspecified atom stereocenters. The summed E-state index contributed by atoms with van der Waals surface area (Å²) >= 11 is 0. The fourth-order valence-corrected chi connectivity index (χ4v) is 15.2. The van der Waals surface area contributed by atoms with Gasteiger partial charge in [0.15, 0.2) is 12.2 Å². The molecule has 3 N–H and O–H groups in total. The first-order chi connectivity index (χ1) is 51.4. The molecule has 0 aliphatic heterocycles. The molecule has 0 aromatic rings. The number of carbonyl (C=O) groups is 4. The Morgan fingerprint density at radius 2 is 0.434 bits per heavy atom. The van der Waals surface area contributed by atoms with Crippen LogP contribution in [0.4, 0.5) is 0 Å². The monoisotopic (exact) mass is 1550 g/mol. The first-order valence-corrected chi connectivity index (χ1v) is 48.0. The van der Waals surface area contributed by atoms with Gasteiger partial charge in [0.05, 0.1) is 26.4 Å². The molecule has 19 heteroatoms. The van der Waals surface area contributed by atoms with E-state index in [0.717, 1.165) is 102 Å². The highest BCUT2D eigenvalue weighted by Gasteiger charge is 2.30. The van der Waals surface area contributed by atoms with Gasteiger partial charge in [-0.1, -0.05) is 414 Å². The van der Waals surface area contributed by atoms with Gasteiger partial charge in [-0.25, -0.2) is 9.13 Å². The van der Waals surface area contributed by atoms with Crippen LogP contribution in [0.3, 0.4) is 0 Å². The lowest BCUT2D eigenvalue weighted by molar-refractivity contribution is -0.161. The molecule has 630 valence electrons. The van der Waals surface area contributed by atoms with Gasteiger partial charge in [-0.15, -0.1) is 0 Å². The Morgan fingerprint density at radius 3 is 0.642 bits per heavy atom. The van der Waals surface area contributed by atoms with E-state index in [0.29, 0.717) is 25.7 Å². The molecule has 5 atom stereocenters. The Bertz CT molecular complexity index is 2030. The molecule has 0 aliphatic carbocycles. The molecule has 0 aromatic carbocycles. The van der Waals surface area contributed by atoms with Crippen LogP contribution in [0.15, 0.2) is 0 Å². The maximum absolute atomic E-state index is 13.2. The van der Waals surface area contributed by atoms with E-state index in [9.17, 15) is 43.2 Å². The average Bonchev–Trinajstić information content (AvgIpc) is 0.894. The summed E-state index contributed by atoms with van der Waals surface area (Å²) in [5.41, 5.74) is 0. The molecule has 106 heavy (non-hydrogen) atoms. The standard InChI is InChI=1S/C87H170O17P2/c1-7-9-11-13-15-17-19-21-22-23-24-28-34-40-46-52-58-64-70-85(90)98-76-83(104-86(91)71-65-59-53-47-41-35-29-26-25-27-32-37-43-49-55-61-67-79(3)4)78-102-106(95,96)100-74-81(88)73-99-105(93,94)101-77-82(75-97-84(89)69-63-57-51-45-39-20-18-16-14-12-10-8-2)103-87(92)72-66-60-54-48-42-36-31-30-33-38-44-50-56-62-68-80(5)6/h79-83,88H,7-78H2,1-6H3,(H,93,94)(H,95,96)/t81-,82+,83+/m0/s1. The predicted molar refractivity (Wildman–Crippen MR) is 437 cm³/mol. The van der Waals surface area contributed by atoms with Crippen LogP contribution in [0.1, 0.15) is 465 Å². The number of unbranched alkanes of at least 4 members (excludes halogenated alkanes) is 56. The number of phosphoric acid groups is 2. The third-order valence-corrected chi connectivity index (χ3v) is 22.4. The third-order valence-electron chi connectivity index (χ3n) is 20.5. The van der Waals surface area contributed by atoms with Crippen molar-refractivity contribution in [2.45, 2.75) is 484 Å². The van der Waals surface area contributed by atoms with Gasteiger partial charge in [-0.3, -0.25) is 37.3 Å². The molecule has 0 spiro atoms. The zero-order valence-electron chi connectivity index (χ0n) is 69.7. The second-order valence-corrected chi connectivity index (χ2v) is 35.1. The van der Waals surface area contributed by atoms with Crippen LogP contribution < -0.4 is 0 Å². The van der Waals surface area contributed by atoms with Crippen molar-refractivity contribution in [2.75, 3.05) is 39.6 Å². The number of ether oxygens (including phenoxy) is 4. The molecule has 0 heterocycles. The number of hydrogen-bond donors (Lipinski definition) is 3. The van der Waals surface area contributed by atoms with Crippen molar-refractivity contribution in [2.24, 2.45) is 11.8 Å². The summed E-state index contributed by atoms with van der Waals surface area (Å²) in [7, 11) is -9.93. The highest BCUT2D eigenvalue weighted by molar-refractivity contribution is 7.47. The molecule has 17 nitrogen and oxygen atoms in total. The van der Waals surface area contributed by atoms with Crippen LogP contribution in [0.2, 0.25) is 0 Å². The number of aliphatic hydroxyl groups excluding tert-OH is 1. The molecule has 0 rings (SSSR count). The van der Waals surface area contributed by atoms with E-state index >= 15 is 0 Å². The zero-order valence-corrected chi connectivity index (χ0v) is 71.5. The molecule has 0 aliphatic rings. The van der Waals surface area contributed by atoms with Crippen molar-refractivity contribution in [3.8, 4) is 0 Å². The van der Waals surface area contributed by atoms with Gasteiger partial charge >= 0.3 is 39.5 Å². The van der Waals surface area contributed by atoms with Gasteiger partial charge in [0.25, 0.3) is 0 Å². The quantitative estimate of drug-likeness (QED) is 0.0222. The molecule has 0 saturated carbocycles. The van der Waals surface area contributed by atoms with Gasteiger partial charge < -0.3 is 33.8 Å². The summed E-state index contributed by atoms with van der Waals surface area (Å²) in [4.78, 5) is 73.3. The van der Waals surface area contributed by atoms with Crippen LogP contribution in [0, 0.1) is 11.8 Å². The molecule has 0 bridgehead atoms. The Labute approximate surface area is 651 Å². The fraction of sp³-hybridized carbons (Fsp3) is 0.954. The lowest BCUT2D eigenvalue weighted by atomic mass is 10.0. The molecule has 0 radical (unpaired) electrons. The van der Waals surface area contributed by atoms with Crippen molar-refractivity contribution in [1.82, 2.24) is 0 Å². The summed E-state index contributed by atoms with van der Waals surface area (Å²) in [6.45, 7) is 9.74. The summed E-state index contributed by atoms with van der Waals surface area (Å²) in [5.74, 6) is -0.494. The number of phosphoric ester groups is 2. The van der Waals surface area contributed by atoms with Gasteiger partial charge in [0.2, 0.25) is 0 Å². The second-order valence-electron chi connectivity index (χ2n) is 32.2. The summed E-state index contributed by atoms with van der Waals surface area (Å²) in [5, 5.41) is 10.7. The first kappa shape index (κ1) is 104. The van der Waals surface area contributed by atoms with E-state index in [1.165, 1.54) is 283 Å². The number of aliphatic hydroxyl groups is 1. The lowest BCUT2D eigenvalue weighted by Gasteiger charge is -2.21. The van der Waals surface area contributed by atoms with Crippen molar-refractivity contribution in [3.63, 3.8) is 0 Å². The van der Waals surface area contributed by atoms with E-state index in [1.54, 1.807) is 0 Å². The fourth-order valence-electron chi connectivity index (χ4n) is 13.6. The van der Waals surface area contributed by atoms with E-state index in [-0.39, 0.29) is 25.7 Å². The summed E-state index contributed by atoms with van der Waals surface area (Å²) in [6.07, 6.45) is 70.7. The summed E-state index contributed by atoms with van der Waals surface area (Å²) < 4.78 is 69.0. The van der Waals surface area contributed by atoms with Crippen LogP contribution >= 0.6 is 15.6 Å². The van der Waals surface area contributed by atoms with Gasteiger partial charge in [-0.2, -0.15) is 0 Å². The van der Waals surface area contributed by atoms with Gasteiger partial charge in [0, 0.05) is 25.7 Å². The highest BCUT2D eigenvalue weighted by Crippen LogP contribution is 2.45. The van der Waals surface area contributed by atoms with Crippen molar-refractivity contribution in [1.29, 1.82) is 0 Å². The lowest BCUT2D eigenvalue weighted by Crippen LogP contribution is -2.30. The highest BCUT2D eigenvalue weighted by atomic mass is 31.2. The minimum absolute atomic E-state index is 0.108. The van der Waals surface area contributed by atoms with Crippen LogP contribution in [0.25, 0.3) is 0 Å². The van der Waals surface area contributed by atoms with Gasteiger partial charge in [0.1, 0.15) is 19.3 Å². The number of rotatable bonds is 86. The topological polar surface area (TPSA) is 237 Å². The average molecular weight is 1550 g/mol. The van der Waals surface area contributed by atoms with E-state index in [4.69, 9.17) is 37.0 Å². The van der Waals surface area contributed by atoms with Crippen molar-refractivity contribution < 1.29 is 80.2 Å². The Morgan fingerprint density at radius 1 is 0.255 bits per heavy atom. The van der Waals surface area contributed by atoms with E-state index < -0.39 is 97.5 Å². The largest absolute Gasteiger partial charge is 0.472 e. The number of carbonyl (C=O) groups excluding carboxylic acids is 4. The zero-order chi connectivity index (χ0) is 77.8. The SMILES string of the molecule is CCCCCCCCCCCCCCCCCCCCC(=O)OC[C@H](COP(=O)(O)OC[C@@H](O)COP(=O)(O)OC[C@@H](COC(=O)CCCCCCCCCCCCCC)OC(=O)CCCCCCCCCCCCCCCCC(C)C)OC(=O)CCCCCCCCCCCCCCCCCCC(C)C. The van der Waals surface area contributed by atoms with Gasteiger partial charge in [-0.05, 0) is 37.5 Å². The van der Waals surface area contributed by atoms with Crippen LogP contribution in [-0.4, -0.2) is 96.7 Å². The Balaban J connectivity index is 5.26. The van der Waals surface area contributed by atoms with E-state index in [2.05, 4.69) is 41.5 Å². The predicted octanol–water partition coefficient (Wildman–Crippen LogP) is 26.6. The molecule has 0 aromatic heterocycles. The first-order valence-electron chi connectivity index (χ1n) is 45.0. The van der Waals surface area contributed by atoms with Crippen molar-refractivity contribution in [3.05, 3.63) is 0 Å². The Hall–Kier alpha value is -1.94. The molecular weight excluding hydrogens is 1380 g/mol. The van der Waals surface area contributed by atoms with Crippen LogP contribution in [0.5, 0.6) is 0 Å². The maximum atomic E-state index is 13.2. The molecule has 0 fully saturated rings. The van der Waals surface area contributed by atoms with Crippen molar-refractivity contribution >= 4 is 39.5 Å². The van der Waals surface area contributed by atoms with E-state index in [1.807, 2.05) is 0 Å².